The van der Waals surface area contributed by atoms with E-state index in [2.05, 4.69) is 31.2 Å². The van der Waals surface area contributed by atoms with Crippen molar-refractivity contribution in [2.24, 2.45) is 5.73 Å². The van der Waals surface area contributed by atoms with Gasteiger partial charge in [-0.25, -0.2) is 4.98 Å². The minimum Gasteiger partial charge on any atom is -0.323 e. The molecule has 1 aromatic heterocycles. The summed E-state index contributed by atoms with van der Waals surface area (Å²) >= 11 is 3.72. The van der Waals surface area contributed by atoms with Gasteiger partial charge in [-0.1, -0.05) is 18.2 Å². The molecule has 0 bridgehead atoms. The molecule has 4 heteroatoms. The van der Waals surface area contributed by atoms with Crippen molar-refractivity contribution in [3.63, 3.8) is 0 Å². The molecule has 0 radical (unpaired) electrons. The molecule has 3 rings (SSSR count). The van der Waals surface area contributed by atoms with Gasteiger partial charge in [-0.3, -0.25) is 0 Å². The number of fused-ring (bicyclic) bond motifs is 1. The molecule has 19 heavy (non-hydrogen) atoms. The number of thiazole rings is 1. The van der Waals surface area contributed by atoms with Gasteiger partial charge in [0.2, 0.25) is 0 Å². The number of hydrogen-bond acceptors (Lipinski definition) is 4. The Hall–Kier alpha value is -0.840. The summed E-state index contributed by atoms with van der Waals surface area (Å²) in [5, 5.41) is 1.22. The van der Waals surface area contributed by atoms with Crippen LogP contribution in [0.2, 0.25) is 0 Å². The standard InChI is InChI=1S/C15H18N2S2/c1-10-5-2-3-7-12(10)18-9-14-17-15-11(16)6-4-8-13(15)19-14/h2-3,5,7,11H,4,6,8-9,16H2,1H3. The van der Waals surface area contributed by atoms with Crippen LogP contribution in [0, 0.1) is 6.92 Å². The number of thioether (sulfide) groups is 1. The molecular formula is C15H18N2S2. The van der Waals surface area contributed by atoms with Crippen molar-refractivity contribution in [2.45, 2.75) is 42.9 Å². The number of rotatable bonds is 3. The second kappa shape index (κ2) is 5.65. The lowest BCUT2D eigenvalue weighted by Gasteiger charge is -2.15. The molecule has 0 saturated carbocycles. The highest BCUT2D eigenvalue weighted by Crippen LogP contribution is 2.34. The molecule has 100 valence electrons. The van der Waals surface area contributed by atoms with Crippen LogP contribution < -0.4 is 5.73 Å². The highest BCUT2D eigenvalue weighted by Gasteiger charge is 2.21. The van der Waals surface area contributed by atoms with E-state index >= 15 is 0 Å². The Balaban J connectivity index is 1.73. The summed E-state index contributed by atoms with van der Waals surface area (Å²) in [6.45, 7) is 2.16. The third-order valence-corrected chi connectivity index (χ3v) is 5.99. The lowest BCUT2D eigenvalue weighted by molar-refractivity contribution is 0.563. The van der Waals surface area contributed by atoms with Gasteiger partial charge in [-0.05, 0) is 37.8 Å². The van der Waals surface area contributed by atoms with E-state index in [1.807, 2.05) is 23.1 Å². The van der Waals surface area contributed by atoms with Gasteiger partial charge in [0.15, 0.2) is 0 Å². The minimum absolute atomic E-state index is 0.164. The average Bonchev–Trinajstić information content (AvgIpc) is 2.82. The van der Waals surface area contributed by atoms with Crippen LogP contribution in [-0.2, 0) is 12.2 Å². The second-order valence-corrected chi connectivity index (χ2v) is 7.15. The highest BCUT2D eigenvalue weighted by molar-refractivity contribution is 7.98. The van der Waals surface area contributed by atoms with Crippen molar-refractivity contribution in [3.05, 3.63) is 45.4 Å². The average molecular weight is 290 g/mol. The Morgan fingerprint density at radius 1 is 1.42 bits per heavy atom. The van der Waals surface area contributed by atoms with E-state index in [1.165, 1.54) is 26.8 Å². The number of aromatic nitrogens is 1. The molecule has 0 saturated heterocycles. The van der Waals surface area contributed by atoms with Crippen LogP contribution in [0.15, 0.2) is 29.2 Å². The lowest BCUT2D eigenvalue weighted by Crippen LogP contribution is -2.16. The first-order chi connectivity index (χ1) is 9.24. The van der Waals surface area contributed by atoms with Gasteiger partial charge in [0, 0.05) is 15.8 Å². The molecule has 1 aromatic carbocycles. The quantitative estimate of drug-likeness (QED) is 0.866. The summed E-state index contributed by atoms with van der Waals surface area (Å²) < 4.78 is 0. The molecule has 0 aliphatic heterocycles. The molecule has 0 amide bonds. The number of benzene rings is 1. The van der Waals surface area contributed by atoms with Gasteiger partial charge in [0.25, 0.3) is 0 Å². The molecule has 2 N–H and O–H groups in total. The first-order valence-electron chi connectivity index (χ1n) is 6.66. The zero-order chi connectivity index (χ0) is 13.2. The van der Waals surface area contributed by atoms with Gasteiger partial charge in [0.1, 0.15) is 5.01 Å². The van der Waals surface area contributed by atoms with Gasteiger partial charge in [-0.15, -0.1) is 23.1 Å². The van der Waals surface area contributed by atoms with Crippen molar-refractivity contribution >= 4 is 23.1 Å². The van der Waals surface area contributed by atoms with Crippen LogP contribution in [0.4, 0.5) is 0 Å². The van der Waals surface area contributed by atoms with Crippen molar-refractivity contribution < 1.29 is 0 Å². The summed E-state index contributed by atoms with van der Waals surface area (Å²) in [5.74, 6) is 0.954. The van der Waals surface area contributed by atoms with E-state index in [-0.39, 0.29) is 6.04 Å². The van der Waals surface area contributed by atoms with Crippen molar-refractivity contribution in [2.75, 3.05) is 0 Å². The zero-order valence-electron chi connectivity index (χ0n) is 11.1. The molecule has 0 fully saturated rings. The summed E-state index contributed by atoms with van der Waals surface area (Å²) in [6.07, 6.45) is 3.46. The summed E-state index contributed by atoms with van der Waals surface area (Å²) in [7, 11) is 0. The number of nitrogens with zero attached hydrogens (tertiary/aromatic N) is 1. The minimum atomic E-state index is 0.164. The number of aryl methyl sites for hydroxylation is 2. The molecule has 1 atom stereocenters. The van der Waals surface area contributed by atoms with Gasteiger partial charge < -0.3 is 5.73 Å². The summed E-state index contributed by atoms with van der Waals surface area (Å²) in [4.78, 5) is 7.51. The summed E-state index contributed by atoms with van der Waals surface area (Å²) in [5.41, 5.74) is 8.63. The third-order valence-electron chi connectivity index (χ3n) is 3.49. The first kappa shape index (κ1) is 13.2. The second-order valence-electron chi connectivity index (χ2n) is 4.97. The third kappa shape index (κ3) is 2.86. The Morgan fingerprint density at radius 3 is 3.05 bits per heavy atom. The lowest BCUT2D eigenvalue weighted by atomic mass is 9.99. The molecule has 1 heterocycles. The van der Waals surface area contributed by atoms with Crippen molar-refractivity contribution in [1.82, 2.24) is 4.98 Å². The maximum absolute atomic E-state index is 6.13. The summed E-state index contributed by atoms with van der Waals surface area (Å²) in [6, 6.07) is 8.68. The Kier molecular flexibility index (Phi) is 3.91. The molecular weight excluding hydrogens is 272 g/mol. The number of nitrogens with two attached hydrogens (primary N) is 1. The fourth-order valence-electron chi connectivity index (χ4n) is 2.42. The van der Waals surface area contributed by atoms with Crippen LogP contribution in [0.1, 0.15) is 40.0 Å². The van der Waals surface area contributed by atoms with E-state index in [1.54, 1.807) is 0 Å². The largest absolute Gasteiger partial charge is 0.323 e. The normalized spacial score (nSPS) is 18.3. The predicted molar refractivity (Wildman–Crippen MR) is 82.7 cm³/mol. The van der Waals surface area contributed by atoms with E-state index in [0.29, 0.717) is 0 Å². The Morgan fingerprint density at radius 2 is 2.26 bits per heavy atom. The zero-order valence-corrected chi connectivity index (χ0v) is 12.7. The van der Waals surface area contributed by atoms with Crippen LogP contribution in [-0.4, -0.2) is 4.98 Å². The topological polar surface area (TPSA) is 38.9 Å². The van der Waals surface area contributed by atoms with Crippen molar-refractivity contribution in [3.8, 4) is 0 Å². The molecule has 0 spiro atoms. The van der Waals surface area contributed by atoms with E-state index in [0.717, 1.165) is 24.3 Å². The van der Waals surface area contributed by atoms with E-state index in [4.69, 9.17) is 10.7 Å². The molecule has 2 aromatic rings. The van der Waals surface area contributed by atoms with Crippen LogP contribution in [0.3, 0.4) is 0 Å². The smallest absolute Gasteiger partial charge is 0.103 e. The monoisotopic (exact) mass is 290 g/mol. The maximum atomic E-state index is 6.13. The molecule has 1 unspecified atom stereocenters. The maximum Gasteiger partial charge on any atom is 0.103 e. The molecule has 1 aliphatic rings. The van der Waals surface area contributed by atoms with E-state index in [9.17, 15) is 0 Å². The first-order valence-corrected chi connectivity index (χ1v) is 8.47. The Labute approximate surface area is 122 Å². The van der Waals surface area contributed by atoms with Gasteiger partial charge >= 0.3 is 0 Å². The fourth-order valence-corrected chi connectivity index (χ4v) is 4.62. The van der Waals surface area contributed by atoms with Crippen molar-refractivity contribution in [1.29, 1.82) is 0 Å². The van der Waals surface area contributed by atoms with Gasteiger partial charge in [-0.2, -0.15) is 0 Å². The Bertz CT molecular complexity index is 577. The fraction of sp³-hybridized carbons (Fsp3) is 0.400. The molecule has 1 aliphatic carbocycles. The molecule has 2 nitrogen and oxygen atoms in total. The van der Waals surface area contributed by atoms with Crippen LogP contribution >= 0.6 is 23.1 Å². The number of hydrogen-bond donors (Lipinski definition) is 1. The van der Waals surface area contributed by atoms with Crippen LogP contribution in [0.25, 0.3) is 0 Å². The SMILES string of the molecule is Cc1ccccc1SCc1nc2c(s1)CCCC2N. The van der Waals surface area contributed by atoms with Gasteiger partial charge in [0.05, 0.1) is 11.4 Å². The predicted octanol–water partition coefficient (Wildman–Crippen LogP) is 4.08. The highest BCUT2D eigenvalue weighted by atomic mass is 32.2. The van der Waals surface area contributed by atoms with Crippen LogP contribution in [0.5, 0.6) is 0 Å². The van der Waals surface area contributed by atoms with E-state index < -0.39 is 0 Å².